The summed E-state index contributed by atoms with van der Waals surface area (Å²) in [6.45, 7) is 1.44. The lowest BCUT2D eigenvalue weighted by Gasteiger charge is -2.06. The molecule has 0 aliphatic heterocycles. The van der Waals surface area contributed by atoms with E-state index in [4.69, 9.17) is 5.26 Å². The standard InChI is InChI=1S/C14H17N3O2S/c1-11(18)16-12-4-6-13(7-5-12)17-14(19)10-20-9-3-2-8-15/h4-7H,2-3,9-10H2,1H3,(H,16,18)(H,17,19). The molecule has 20 heavy (non-hydrogen) atoms. The third-order valence-corrected chi connectivity index (χ3v) is 3.34. The van der Waals surface area contributed by atoms with Crippen molar-refractivity contribution in [3.8, 4) is 6.07 Å². The van der Waals surface area contributed by atoms with Crippen LogP contribution in [0.15, 0.2) is 24.3 Å². The lowest BCUT2D eigenvalue weighted by molar-refractivity contribution is -0.114. The van der Waals surface area contributed by atoms with E-state index in [1.54, 1.807) is 24.3 Å². The summed E-state index contributed by atoms with van der Waals surface area (Å²) in [4.78, 5) is 22.5. The van der Waals surface area contributed by atoms with Crippen LogP contribution in [-0.4, -0.2) is 23.3 Å². The topological polar surface area (TPSA) is 82.0 Å². The van der Waals surface area contributed by atoms with Gasteiger partial charge in [0.1, 0.15) is 0 Å². The van der Waals surface area contributed by atoms with Crippen molar-refractivity contribution < 1.29 is 9.59 Å². The lowest BCUT2D eigenvalue weighted by atomic mass is 10.3. The monoisotopic (exact) mass is 291 g/mol. The van der Waals surface area contributed by atoms with Crippen molar-refractivity contribution in [3.63, 3.8) is 0 Å². The summed E-state index contributed by atoms with van der Waals surface area (Å²) in [5, 5.41) is 13.8. The largest absolute Gasteiger partial charge is 0.326 e. The summed E-state index contributed by atoms with van der Waals surface area (Å²) in [5.41, 5.74) is 1.39. The van der Waals surface area contributed by atoms with E-state index in [2.05, 4.69) is 16.7 Å². The Bertz CT molecular complexity index is 494. The maximum absolute atomic E-state index is 11.6. The van der Waals surface area contributed by atoms with Crippen molar-refractivity contribution >= 4 is 35.0 Å². The molecular formula is C14H17N3O2S. The van der Waals surface area contributed by atoms with Gasteiger partial charge in [-0.1, -0.05) is 0 Å². The van der Waals surface area contributed by atoms with Crippen molar-refractivity contribution in [1.82, 2.24) is 0 Å². The molecule has 5 nitrogen and oxygen atoms in total. The maximum atomic E-state index is 11.6. The minimum Gasteiger partial charge on any atom is -0.326 e. The average Bonchev–Trinajstić information content (AvgIpc) is 2.40. The van der Waals surface area contributed by atoms with Gasteiger partial charge in [-0.3, -0.25) is 9.59 Å². The molecule has 6 heteroatoms. The van der Waals surface area contributed by atoms with Crippen molar-refractivity contribution in [2.24, 2.45) is 0 Å². The van der Waals surface area contributed by atoms with Gasteiger partial charge in [0.05, 0.1) is 11.8 Å². The molecule has 0 fully saturated rings. The Labute approximate surface area is 122 Å². The summed E-state index contributed by atoms with van der Waals surface area (Å²) in [5.74, 6) is 0.983. The predicted molar refractivity (Wildman–Crippen MR) is 81.5 cm³/mol. The van der Waals surface area contributed by atoms with E-state index >= 15 is 0 Å². The molecule has 0 spiro atoms. The molecule has 0 aromatic heterocycles. The number of benzene rings is 1. The van der Waals surface area contributed by atoms with Crippen LogP contribution in [0, 0.1) is 11.3 Å². The van der Waals surface area contributed by atoms with Crippen LogP contribution in [0.1, 0.15) is 19.8 Å². The number of amides is 2. The number of thioether (sulfide) groups is 1. The SMILES string of the molecule is CC(=O)Nc1ccc(NC(=O)CSCCCC#N)cc1. The molecule has 0 atom stereocenters. The molecule has 1 rings (SSSR count). The van der Waals surface area contributed by atoms with Gasteiger partial charge in [0, 0.05) is 24.7 Å². The number of nitriles is 1. The number of unbranched alkanes of at least 4 members (excludes halogenated alkanes) is 1. The summed E-state index contributed by atoms with van der Waals surface area (Å²) >= 11 is 1.51. The highest BCUT2D eigenvalue weighted by atomic mass is 32.2. The Morgan fingerprint density at radius 3 is 2.35 bits per heavy atom. The number of nitrogens with zero attached hydrogens (tertiary/aromatic N) is 1. The van der Waals surface area contributed by atoms with E-state index in [-0.39, 0.29) is 11.8 Å². The van der Waals surface area contributed by atoms with Crippen LogP contribution in [0.25, 0.3) is 0 Å². The smallest absolute Gasteiger partial charge is 0.234 e. The zero-order valence-electron chi connectivity index (χ0n) is 11.3. The van der Waals surface area contributed by atoms with Crippen LogP contribution < -0.4 is 10.6 Å². The second-order valence-corrected chi connectivity index (χ2v) is 5.23. The summed E-state index contributed by atoms with van der Waals surface area (Å²) < 4.78 is 0. The molecule has 0 bridgehead atoms. The molecule has 0 heterocycles. The van der Waals surface area contributed by atoms with Gasteiger partial charge in [-0.15, -0.1) is 0 Å². The van der Waals surface area contributed by atoms with E-state index in [0.29, 0.717) is 23.5 Å². The molecule has 1 aromatic carbocycles. The Balaban J connectivity index is 2.31. The van der Waals surface area contributed by atoms with Gasteiger partial charge in [0.25, 0.3) is 0 Å². The fourth-order valence-electron chi connectivity index (χ4n) is 1.46. The Hall–Kier alpha value is -2.00. The summed E-state index contributed by atoms with van der Waals surface area (Å²) in [6, 6.07) is 9.02. The second kappa shape index (κ2) is 8.99. The minimum atomic E-state index is -0.129. The van der Waals surface area contributed by atoms with Gasteiger partial charge < -0.3 is 10.6 Å². The van der Waals surface area contributed by atoms with Crippen molar-refractivity contribution in [3.05, 3.63) is 24.3 Å². The molecule has 0 radical (unpaired) electrons. The highest BCUT2D eigenvalue weighted by molar-refractivity contribution is 7.99. The van der Waals surface area contributed by atoms with Crippen LogP contribution in [0.3, 0.4) is 0 Å². The second-order valence-electron chi connectivity index (χ2n) is 4.12. The van der Waals surface area contributed by atoms with Crippen LogP contribution in [0.5, 0.6) is 0 Å². The van der Waals surface area contributed by atoms with Crippen LogP contribution in [0.2, 0.25) is 0 Å². The first-order valence-corrected chi connectivity index (χ1v) is 7.39. The number of carbonyl (C=O) groups excluding carboxylic acids is 2. The fourth-order valence-corrected chi connectivity index (χ4v) is 2.21. The van der Waals surface area contributed by atoms with Crippen LogP contribution in [-0.2, 0) is 9.59 Å². The number of anilines is 2. The van der Waals surface area contributed by atoms with Gasteiger partial charge in [0.2, 0.25) is 11.8 Å². The van der Waals surface area contributed by atoms with Gasteiger partial charge in [-0.2, -0.15) is 17.0 Å². The molecule has 2 N–H and O–H groups in total. The molecule has 106 valence electrons. The molecular weight excluding hydrogens is 274 g/mol. The molecule has 0 unspecified atom stereocenters. The van der Waals surface area contributed by atoms with Gasteiger partial charge in [-0.05, 0) is 36.4 Å². The number of nitrogens with one attached hydrogen (secondary N) is 2. The lowest BCUT2D eigenvalue weighted by Crippen LogP contribution is -2.14. The third-order valence-electron chi connectivity index (χ3n) is 2.30. The zero-order valence-corrected chi connectivity index (χ0v) is 12.1. The Kier molecular flexibility index (Phi) is 7.22. The van der Waals surface area contributed by atoms with Crippen LogP contribution >= 0.6 is 11.8 Å². The van der Waals surface area contributed by atoms with Crippen molar-refractivity contribution in [2.75, 3.05) is 22.1 Å². The van der Waals surface area contributed by atoms with Gasteiger partial charge in [0.15, 0.2) is 0 Å². The quantitative estimate of drug-likeness (QED) is 0.757. The van der Waals surface area contributed by atoms with E-state index in [1.807, 2.05) is 0 Å². The van der Waals surface area contributed by atoms with Crippen molar-refractivity contribution in [1.29, 1.82) is 5.26 Å². The first-order chi connectivity index (χ1) is 9.61. The highest BCUT2D eigenvalue weighted by Gasteiger charge is 2.03. The van der Waals surface area contributed by atoms with E-state index in [0.717, 1.165) is 12.2 Å². The Morgan fingerprint density at radius 2 is 1.80 bits per heavy atom. The van der Waals surface area contributed by atoms with Crippen molar-refractivity contribution in [2.45, 2.75) is 19.8 Å². The van der Waals surface area contributed by atoms with E-state index < -0.39 is 0 Å². The average molecular weight is 291 g/mol. The molecule has 0 saturated carbocycles. The third kappa shape index (κ3) is 6.81. The first-order valence-electron chi connectivity index (χ1n) is 6.24. The highest BCUT2D eigenvalue weighted by Crippen LogP contribution is 2.14. The maximum Gasteiger partial charge on any atom is 0.234 e. The van der Waals surface area contributed by atoms with E-state index in [1.165, 1.54) is 18.7 Å². The van der Waals surface area contributed by atoms with Crippen LogP contribution in [0.4, 0.5) is 11.4 Å². The molecule has 0 saturated heterocycles. The number of carbonyl (C=O) groups is 2. The molecule has 2 amide bonds. The minimum absolute atomic E-state index is 0.0702. The predicted octanol–water partition coefficient (Wildman–Crippen LogP) is 2.62. The fraction of sp³-hybridized carbons (Fsp3) is 0.357. The normalized spacial score (nSPS) is 9.60. The first kappa shape index (κ1) is 16.1. The van der Waals surface area contributed by atoms with Gasteiger partial charge >= 0.3 is 0 Å². The number of hydrogen-bond donors (Lipinski definition) is 2. The number of hydrogen-bond acceptors (Lipinski definition) is 4. The molecule has 0 aliphatic carbocycles. The molecule has 0 aliphatic rings. The van der Waals surface area contributed by atoms with Gasteiger partial charge in [-0.25, -0.2) is 0 Å². The van der Waals surface area contributed by atoms with E-state index in [9.17, 15) is 9.59 Å². The summed E-state index contributed by atoms with van der Waals surface area (Å²) in [7, 11) is 0. The Morgan fingerprint density at radius 1 is 1.20 bits per heavy atom. The number of rotatable bonds is 7. The molecule has 1 aromatic rings. The summed E-state index contributed by atoms with van der Waals surface area (Å²) in [6.07, 6.45) is 1.33. The zero-order chi connectivity index (χ0) is 14.8.